The lowest BCUT2D eigenvalue weighted by Crippen LogP contribution is -2.53. The first-order valence-electron chi connectivity index (χ1n) is 5.34. The molecule has 10 nitrogen and oxygen atoms in total. The number of nitrogens with zero attached hydrogens (tertiary/aromatic N) is 2. The number of hydrogen-bond donors (Lipinski definition) is 3. The minimum atomic E-state index is -4.35. The number of aryl methyl sites for hydroxylation is 1. The third kappa shape index (κ3) is 2.28. The number of sulfonamides is 1. The maximum absolute atomic E-state index is 12.3. The van der Waals surface area contributed by atoms with Crippen LogP contribution in [0.1, 0.15) is 16.1 Å². The molecule has 11 heteroatoms. The second kappa shape index (κ2) is 4.68. The number of aromatic amines is 1. The molecule has 2 rings (SSSR count). The van der Waals surface area contributed by atoms with E-state index in [9.17, 15) is 22.8 Å². The minimum Gasteiger partial charge on any atom is -0.478 e. The summed E-state index contributed by atoms with van der Waals surface area (Å²) in [5.74, 6) is -3.04. The molecule has 1 aromatic heterocycles. The summed E-state index contributed by atoms with van der Waals surface area (Å²) in [5.41, 5.74) is -0.452. The van der Waals surface area contributed by atoms with E-state index in [1.807, 2.05) is 5.32 Å². The maximum atomic E-state index is 12.3. The number of carboxylic acids is 1. The highest BCUT2D eigenvalue weighted by Crippen LogP contribution is 2.21. The predicted molar refractivity (Wildman–Crippen MR) is 62.2 cm³/mol. The van der Waals surface area contributed by atoms with Gasteiger partial charge in [0.15, 0.2) is 0 Å². The van der Waals surface area contributed by atoms with E-state index in [1.54, 1.807) is 0 Å². The Morgan fingerprint density at radius 1 is 1.30 bits per heavy atom. The first-order chi connectivity index (χ1) is 9.23. The topological polar surface area (TPSA) is 150 Å². The number of nitrogens with one attached hydrogen (secondary N) is 2. The van der Waals surface area contributed by atoms with E-state index in [-0.39, 0.29) is 5.69 Å². The molecule has 0 aromatic carbocycles. The number of hydrogen-bond acceptors (Lipinski definition) is 6. The first-order valence-corrected chi connectivity index (χ1v) is 6.78. The number of amides is 2. The van der Waals surface area contributed by atoms with E-state index in [0.717, 1.165) is 0 Å². The van der Waals surface area contributed by atoms with Gasteiger partial charge in [-0.25, -0.2) is 13.2 Å². The summed E-state index contributed by atoms with van der Waals surface area (Å²) < 4.78 is 25.1. The van der Waals surface area contributed by atoms with E-state index in [4.69, 9.17) is 5.11 Å². The summed E-state index contributed by atoms with van der Waals surface area (Å²) in [5, 5.41) is 16.0. The van der Waals surface area contributed by atoms with Crippen LogP contribution in [0.4, 0.5) is 0 Å². The fourth-order valence-electron chi connectivity index (χ4n) is 1.75. The Morgan fingerprint density at radius 3 is 2.35 bits per heavy atom. The largest absolute Gasteiger partial charge is 0.478 e. The fraction of sp³-hybridized carbons (Fsp3) is 0.333. The van der Waals surface area contributed by atoms with Gasteiger partial charge in [0.2, 0.25) is 16.8 Å². The monoisotopic (exact) mass is 302 g/mol. The molecule has 0 radical (unpaired) electrons. The molecule has 0 unspecified atom stereocenters. The summed E-state index contributed by atoms with van der Waals surface area (Å²) in [7, 11) is -4.35. The fourth-order valence-corrected chi connectivity index (χ4v) is 3.23. The molecule has 108 valence electrons. The maximum Gasteiger partial charge on any atom is 0.340 e. The van der Waals surface area contributed by atoms with Crippen LogP contribution in [-0.4, -0.2) is 58.9 Å². The van der Waals surface area contributed by atoms with Crippen molar-refractivity contribution in [2.45, 2.75) is 11.9 Å². The zero-order valence-electron chi connectivity index (χ0n) is 10.2. The molecular weight excluding hydrogens is 292 g/mol. The number of imide groups is 1. The Balaban J connectivity index is 2.48. The smallest absolute Gasteiger partial charge is 0.340 e. The number of H-pyrrole nitrogens is 1. The van der Waals surface area contributed by atoms with E-state index >= 15 is 0 Å². The molecule has 2 amide bonds. The lowest BCUT2D eigenvalue weighted by molar-refractivity contribution is -0.134. The van der Waals surface area contributed by atoms with Crippen LogP contribution >= 0.6 is 0 Å². The zero-order valence-corrected chi connectivity index (χ0v) is 11.0. The van der Waals surface area contributed by atoms with Gasteiger partial charge in [-0.2, -0.15) is 9.40 Å². The second-order valence-electron chi connectivity index (χ2n) is 4.08. The van der Waals surface area contributed by atoms with Crippen molar-refractivity contribution in [2.24, 2.45) is 0 Å². The lowest BCUT2D eigenvalue weighted by atomic mass is 10.3. The summed E-state index contributed by atoms with van der Waals surface area (Å²) in [6, 6.07) is 0. The molecule has 3 N–H and O–H groups in total. The van der Waals surface area contributed by atoms with Crippen molar-refractivity contribution in [3.8, 4) is 0 Å². The van der Waals surface area contributed by atoms with Crippen molar-refractivity contribution >= 4 is 27.8 Å². The van der Waals surface area contributed by atoms with E-state index in [0.29, 0.717) is 4.31 Å². The number of carboxylic acid groups (broad SMARTS) is 1. The SMILES string of the molecule is Cc1[nH]nc(S(=O)(=O)N2CC(=O)NC(=O)C2)c1C(=O)O. The van der Waals surface area contributed by atoms with E-state index in [2.05, 4.69) is 10.2 Å². The van der Waals surface area contributed by atoms with Crippen LogP contribution in [0.2, 0.25) is 0 Å². The highest BCUT2D eigenvalue weighted by atomic mass is 32.2. The Kier molecular flexibility index (Phi) is 3.31. The molecule has 0 aliphatic carbocycles. The number of aromatic nitrogens is 2. The van der Waals surface area contributed by atoms with Crippen molar-refractivity contribution in [2.75, 3.05) is 13.1 Å². The summed E-state index contributed by atoms with van der Waals surface area (Å²) >= 11 is 0. The van der Waals surface area contributed by atoms with Gasteiger partial charge in [-0.15, -0.1) is 0 Å². The Morgan fingerprint density at radius 2 is 1.85 bits per heavy atom. The molecule has 1 saturated heterocycles. The average Bonchev–Trinajstić information content (AvgIpc) is 2.70. The highest BCUT2D eigenvalue weighted by molar-refractivity contribution is 7.89. The minimum absolute atomic E-state index is 0.0591. The van der Waals surface area contributed by atoms with Crippen LogP contribution in [0, 0.1) is 6.92 Å². The third-order valence-electron chi connectivity index (χ3n) is 2.63. The molecular formula is C9H10N4O6S. The standard InChI is InChI=1S/C9H10N4O6S/c1-4-7(9(16)17)8(12-11-4)20(18,19)13-2-5(14)10-6(15)3-13/h2-3H2,1H3,(H,11,12)(H,16,17)(H,10,14,15). The number of aromatic carboxylic acids is 1. The van der Waals surface area contributed by atoms with Gasteiger partial charge in [-0.05, 0) is 6.92 Å². The van der Waals surface area contributed by atoms with Gasteiger partial charge < -0.3 is 5.11 Å². The van der Waals surface area contributed by atoms with Gasteiger partial charge in [-0.1, -0.05) is 0 Å². The van der Waals surface area contributed by atoms with E-state index in [1.165, 1.54) is 6.92 Å². The summed E-state index contributed by atoms with van der Waals surface area (Å²) in [6.07, 6.45) is 0. The van der Waals surface area contributed by atoms with Gasteiger partial charge in [-0.3, -0.25) is 20.0 Å². The molecule has 1 aliphatic heterocycles. The van der Waals surface area contributed by atoms with E-state index < -0.39 is 51.5 Å². The molecule has 0 atom stereocenters. The normalized spacial score (nSPS) is 17.1. The van der Waals surface area contributed by atoms with Crippen molar-refractivity contribution in [3.05, 3.63) is 11.3 Å². The summed E-state index contributed by atoms with van der Waals surface area (Å²) in [6.45, 7) is 0.210. The molecule has 20 heavy (non-hydrogen) atoms. The number of carbonyl (C=O) groups excluding carboxylic acids is 2. The quantitative estimate of drug-likeness (QED) is 0.550. The van der Waals surface area contributed by atoms with Crippen LogP contribution in [0.3, 0.4) is 0 Å². The molecule has 0 saturated carbocycles. The van der Waals surface area contributed by atoms with Gasteiger partial charge in [0, 0.05) is 5.69 Å². The Hall–Kier alpha value is -2.27. The van der Waals surface area contributed by atoms with Crippen LogP contribution in [0.25, 0.3) is 0 Å². The Bertz CT molecular complexity index is 690. The third-order valence-corrected chi connectivity index (χ3v) is 4.35. The molecule has 1 fully saturated rings. The van der Waals surface area contributed by atoms with Crippen LogP contribution in [-0.2, 0) is 19.6 Å². The van der Waals surface area contributed by atoms with Gasteiger partial charge >= 0.3 is 5.97 Å². The molecule has 1 aromatic rings. The van der Waals surface area contributed by atoms with Gasteiger partial charge in [0.05, 0.1) is 13.1 Å². The Labute approximate surface area is 112 Å². The first kappa shape index (κ1) is 14.1. The zero-order chi connectivity index (χ0) is 15.1. The highest BCUT2D eigenvalue weighted by Gasteiger charge is 2.37. The average molecular weight is 302 g/mol. The van der Waals surface area contributed by atoms with Crippen molar-refractivity contribution in [3.63, 3.8) is 0 Å². The molecule has 1 aliphatic rings. The van der Waals surface area contributed by atoms with Crippen molar-refractivity contribution < 1.29 is 27.9 Å². The van der Waals surface area contributed by atoms with Gasteiger partial charge in [0.1, 0.15) is 5.56 Å². The predicted octanol–water partition coefficient (Wildman–Crippen LogP) is -1.94. The number of carbonyl (C=O) groups is 3. The molecule has 2 heterocycles. The number of piperazine rings is 1. The molecule has 0 spiro atoms. The van der Waals surface area contributed by atoms with Crippen LogP contribution < -0.4 is 5.32 Å². The summed E-state index contributed by atoms with van der Waals surface area (Å²) in [4.78, 5) is 33.5. The second-order valence-corrected chi connectivity index (χ2v) is 5.93. The van der Waals surface area contributed by atoms with Crippen LogP contribution in [0.15, 0.2) is 5.03 Å². The van der Waals surface area contributed by atoms with Crippen molar-refractivity contribution in [1.82, 2.24) is 19.8 Å². The van der Waals surface area contributed by atoms with Gasteiger partial charge in [0.25, 0.3) is 10.0 Å². The van der Waals surface area contributed by atoms with Crippen LogP contribution in [0.5, 0.6) is 0 Å². The molecule has 0 bridgehead atoms. The number of rotatable bonds is 3. The van der Waals surface area contributed by atoms with Crippen molar-refractivity contribution in [1.29, 1.82) is 0 Å². The lowest BCUT2D eigenvalue weighted by Gasteiger charge is -2.23.